The van der Waals surface area contributed by atoms with E-state index in [2.05, 4.69) is 24.3 Å². The van der Waals surface area contributed by atoms with E-state index in [0.29, 0.717) is 17.4 Å². The third-order valence-electron chi connectivity index (χ3n) is 5.63. The molecule has 0 aliphatic heterocycles. The summed E-state index contributed by atoms with van der Waals surface area (Å²) >= 11 is 0. The van der Waals surface area contributed by atoms with E-state index in [9.17, 15) is 10.2 Å². The lowest BCUT2D eigenvalue weighted by Crippen LogP contribution is -2.28. The Morgan fingerprint density at radius 1 is 0.857 bits per heavy atom. The van der Waals surface area contributed by atoms with Crippen molar-refractivity contribution in [3.63, 3.8) is 0 Å². The molecule has 0 spiro atoms. The SMILES string of the molecule is Oc1ccc(C2CC3CCC2(c2ccc(O)cc2)C3)cc1. The number of hydrogen-bond acceptors (Lipinski definition) is 2. The molecule has 3 unspecified atom stereocenters. The molecule has 0 saturated heterocycles. The predicted octanol–water partition coefficient (Wildman–Crippen LogP) is 4.32. The fraction of sp³-hybridized carbons (Fsp3) is 0.368. The second-order valence-corrected chi connectivity index (χ2v) is 6.69. The molecule has 2 bridgehead atoms. The maximum atomic E-state index is 9.55. The second-order valence-electron chi connectivity index (χ2n) is 6.69. The standard InChI is InChI=1S/C19H20O2/c20-16-5-1-14(2-6-16)18-11-13-9-10-19(18,12-13)15-3-7-17(21)8-4-15/h1-8,13,18,20-21H,9-12H2. The fourth-order valence-electron chi connectivity index (χ4n) is 4.68. The van der Waals surface area contributed by atoms with Crippen LogP contribution < -0.4 is 0 Å². The lowest BCUT2D eigenvalue weighted by molar-refractivity contribution is 0.358. The van der Waals surface area contributed by atoms with E-state index in [1.54, 1.807) is 12.1 Å². The average Bonchev–Trinajstić information content (AvgIpc) is 3.08. The van der Waals surface area contributed by atoms with Crippen molar-refractivity contribution in [3.05, 3.63) is 59.7 Å². The molecule has 2 saturated carbocycles. The minimum atomic E-state index is 0.218. The van der Waals surface area contributed by atoms with E-state index in [4.69, 9.17) is 0 Å². The normalized spacial score (nSPS) is 30.7. The van der Waals surface area contributed by atoms with Gasteiger partial charge in [-0.3, -0.25) is 0 Å². The Morgan fingerprint density at radius 2 is 1.48 bits per heavy atom. The number of aromatic hydroxyl groups is 2. The average molecular weight is 280 g/mol. The van der Waals surface area contributed by atoms with E-state index in [1.807, 2.05) is 12.1 Å². The van der Waals surface area contributed by atoms with Crippen LogP contribution >= 0.6 is 0 Å². The summed E-state index contributed by atoms with van der Waals surface area (Å²) in [7, 11) is 0. The number of phenols is 2. The number of phenolic OH excluding ortho intramolecular Hbond substituents is 2. The molecule has 0 amide bonds. The van der Waals surface area contributed by atoms with Gasteiger partial charge in [0.25, 0.3) is 0 Å². The lowest BCUT2D eigenvalue weighted by atomic mass is 9.67. The molecule has 2 aromatic rings. The minimum absolute atomic E-state index is 0.218. The third-order valence-corrected chi connectivity index (χ3v) is 5.63. The summed E-state index contributed by atoms with van der Waals surface area (Å²) in [5, 5.41) is 19.1. The maximum absolute atomic E-state index is 9.55. The van der Waals surface area contributed by atoms with Gasteiger partial charge in [0.1, 0.15) is 11.5 Å². The van der Waals surface area contributed by atoms with Crippen LogP contribution in [0, 0.1) is 5.92 Å². The monoisotopic (exact) mass is 280 g/mol. The Hall–Kier alpha value is -1.96. The van der Waals surface area contributed by atoms with E-state index in [0.717, 1.165) is 5.92 Å². The topological polar surface area (TPSA) is 40.5 Å². The van der Waals surface area contributed by atoms with Gasteiger partial charge in [-0.2, -0.15) is 0 Å². The summed E-state index contributed by atoms with van der Waals surface area (Å²) in [5.74, 6) is 2.02. The Bertz CT molecular complexity index is 644. The van der Waals surface area contributed by atoms with Crippen molar-refractivity contribution in [1.82, 2.24) is 0 Å². The van der Waals surface area contributed by atoms with Crippen LogP contribution in [0.1, 0.15) is 42.7 Å². The van der Waals surface area contributed by atoms with Gasteiger partial charge in [0.05, 0.1) is 0 Å². The summed E-state index contributed by atoms with van der Waals surface area (Å²) in [5.41, 5.74) is 2.91. The van der Waals surface area contributed by atoms with Crippen LogP contribution in [-0.2, 0) is 5.41 Å². The smallest absolute Gasteiger partial charge is 0.115 e. The molecular weight excluding hydrogens is 260 g/mol. The van der Waals surface area contributed by atoms with Crippen molar-refractivity contribution >= 4 is 0 Å². The van der Waals surface area contributed by atoms with E-state index < -0.39 is 0 Å². The number of fused-ring (bicyclic) bond motifs is 2. The van der Waals surface area contributed by atoms with Crippen molar-refractivity contribution in [3.8, 4) is 11.5 Å². The van der Waals surface area contributed by atoms with Crippen LogP contribution in [-0.4, -0.2) is 10.2 Å². The zero-order valence-electron chi connectivity index (χ0n) is 12.0. The molecule has 0 aromatic heterocycles. The molecule has 2 aliphatic carbocycles. The van der Waals surface area contributed by atoms with Crippen LogP contribution in [0.25, 0.3) is 0 Å². The Kier molecular flexibility index (Phi) is 2.75. The van der Waals surface area contributed by atoms with Crippen molar-refractivity contribution < 1.29 is 10.2 Å². The first-order valence-corrected chi connectivity index (χ1v) is 7.76. The first-order valence-electron chi connectivity index (χ1n) is 7.76. The van der Waals surface area contributed by atoms with Crippen LogP contribution in [0.2, 0.25) is 0 Å². The Labute approximate surface area is 125 Å². The zero-order chi connectivity index (χ0) is 14.4. The molecule has 2 nitrogen and oxygen atoms in total. The van der Waals surface area contributed by atoms with Crippen molar-refractivity contribution in [2.75, 3.05) is 0 Å². The summed E-state index contributed by atoms with van der Waals surface area (Å²) in [6.07, 6.45) is 5.04. The van der Waals surface area contributed by atoms with Gasteiger partial charge in [0, 0.05) is 5.41 Å². The van der Waals surface area contributed by atoms with E-state index in [1.165, 1.54) is 36.8 Å². The minimum Gasteiger partial charge on any atom is -0.508 e. The van der Waals surface area contributed by atoms with Crippen LogP contribution in [0.4, 0.5) is 0 Å². The molecule has 2 aliphatic rings. The Morgan fingerprint density at radius 3 is 2.10 bits per heavy atom. The van der Waals surface area contributed by atoms with Gasteiger partial charge >= 0.3 is 0 Å². The molecule has 0 heterocycles. The molecule has 2 aromatic carbocycles. The lowest BCUT2D eigenvalue weighted by Gasteiger charge is -2.36. The van der Waals surface area contributed by atoms with Gasteiger partial charge in [-0.1, -0.05) is 24.3 Å². The number of hydrogen-bond donors (Lipinski definition) is 2. The van der Waals surface area contributed by atoms with Crippen molar-refractivity contribution in [2.24, 2.45) is 5.92 Å². The molecule has 2 heteroatoms. The van der Waals surface area contributed by atoms with Gasteiger partial charge in [-0.05, 0) is 72.9 Å². The molecule has 2 N–H and O–H groups in total. The highest BCUT2D eigenvalue weighted by Gasteiger charge is 2.53. The van der Waals surface area contributed by atoms with Crippen molar-refractivity contribution in [2.45, 2.75) is 37.0 Å². The van der Waals surface area contributed by atoms with Crippen LogP contribution in [0.3, 0.4) is 0 Å². The Balaban J connectivity index is 1.77. The van der Waals surface area contributed by atoms with Crippen LogP contribution in [0.5, 0.6) is 11.5 Å². The van der Waals surface area contributed by atoms with E-state index in [-0.39, 0.29) is 5.41 Å². The quantitative estimate of drug-likeness (QED) is 0.860. The molecular formula is C19H20O2. The summed E-state index contributed by atoms with van der Waals surface area (Å²) < 4.78 is 0. The van der Waals surface area contributed by atoms with Gasteiger partial charge in [-0.15, -0.1) is 0 Å². The van der Waals surface area contributed by atoms with E-state index >= 15 is 0 Å². The third kappa shape index (κ3) is 1.93. The largest absolute Gasteiger partial charge is 0.508 e. The summed E-state index contributed by atoms with van der Waals surface area (Å²) in [6, 6.07) is 15.5. The molecule has 21 heavy (non-hydrogen) atoms. The summed E-state index contributed by atoms with van der Waals surface area (Å²) in [6.45, 7) is 0. The molecule has 4 rings (SSSR count). The van der Waals surface area contributed by atoms with Gasteiger partial charge < -0.3 is 10.2 Å². The molecule has 108 valence electrons. The number of rotatable bonds is 2. The molecule has 0 radical (unpaired) electrons. The fourth-order valence-corrected chi connectivity index (χ4v) is 4.68. The highest BCUT2D eigenvalue weighted by atomic mass is 16.3. The zero-order valence-corrected chi connectivity index (χ0v) is 12.0. The van der Waals surface area contributed by atoms with Gasteiger partial charge in [0.2, 0.25) is 0 Å². The molecule has 3 atom stereocenters. The predicted molar refractivity (Wildman–Crippen MR) is 82.6 cm³/mol. The highest BCUT2D eigenvalue weighted by Crippen LogP contribution is 2.62. The second kappa shape index (κ2) is 4.52. The maximum Gasteiger partial charge on any atom is 0.115 e. The first-order chi connectivity index (χ1) is 10.2. The van der Waals surface area contributed by atoms with Crippen LogP contribution in [0.15, 0.2) is 48.5 Å². The number of benzene rings is 2. The highest BCUT2D eigenvalue weighted by molar-refractivity contribution is 5.41. The van der Waals surface area contributed by atoms with Crippen molar-refractivity contribution in [1.29, 1.82) is 0 Å². The summed E-state index contributed by atoms with van der Waals surface area (Å²) in [4.78, 5) is 0. The van der Waals surface area contributed by atoms with Gasteiger partial charge in [-0.25, -0.2) is 0 Å². The van der Waals surface area contributed by atoms with Gasteiger partial charge in [0.15, 0.2) is 0 Å². The molecule has 2 fully saturated rings. The first kappa shape index (κ1) is 12.8.